The lowest BCUT2D eigenvalue weighted by molar-refractivity contribution is -0.384. The number of nitro benzene ring substituents is 1. The summed E-state index contributed by atoms with van der Waals surface area (Å²) in [5.74, 6) is -0.566. The Morgan fingerprint density at radius 1 is 1.41 bits per heavy atom. The number of carbonyl (C=O) groups excluding carboxylic acids is 1. The van der Waals surface area contributed by atoms with Gasteiger partial charge in [-0.15, -0.1) is 0 Å². The number of halogens is 1. The lowest BCUT2D eigenvalue weighted by Crippen LogP contribution is -2.18. The molecule has 0 atom stereocenters. The molecule has 0 fully saturated rings. The van der Waals surface area contributed by atoms with Crippen molar-refractivity contribution in [3.63, 3.8) is 0 Å². The van der Waals surface area contributed by atoms with Crippen LogP contribution in [0.1, 0.15) is 21.7 Å². The smallest absolute Gasteiger partial charge is 0.267 e. The van der Waals surface area contributed by atoms with Gasteiger partial charge in [-0.2, -0.15) is 5.10 Å². The maximum absolute atomic E-state index is 11.9. The third-order valence-electron chi connectivity index (χ3n) is 2.68. The Bertz CT molecular complexity index is 762. The van der Waals surface area contributed by atoms with Crippen LogP contribution < -0.4 is 5.43 Å². The second kappa shape index (κ2) is 6.77. The van der Waals surface area contributed by atoms with Crippen LogP contribution in [0.15, 0.2) is 41.5 Å². The predicted octanol–water partition coefficient (Wildman–Crippen LogP) is 2.72. The van der Waals surface area contributed by atoms with E-state index in [4.69, 9.17) is 11.6 Å². The first kappa shape index (κ1) is 15.6. The highest BCUT2D eigenvalue weighted by Gasteiger charge is 2.14. The van der Waals surface area contributed by atoms with Crippen molar-refractivity contribution in [2.45, 2.75) is 6.92 Å². The highest BCUT2D eigenvalue weighted by molar-refractivity contribution is 6.34. The topological polar surface area (TPSA) is 97.5 Å². The molecule has 1 amide bonds. The van der Waals surface area contributed by atoms with E-state index in [-0.39, 0.29) is 16.3 Å². The van der Waals surface area contributed by atoms with Crippen molar-refractivity contribution >= 4 is 29.4 Å². The minimum absolute atomic E-state index is 0.0180. The van der Waals surface area contributed by atoms with Crippen LogP contribution in [-0.4, -0.2) is 22.0 Å². The second-order valence-electron chi connectivity index (χ2n) is 4.32. The van der Waals surface area contributed by atoms with Gasteiger partial charge >= 0.3 is 0 Å². The zero-order chi connectivity index (χ0) is 16.1. The Hall–Kier alpha value is -2.80. The van der Waals surface area contributed by atoms with Crippen LogP contribution in [0, 0.1) is 17.0 Å². The summed E-state index contributed by atoms with van der Waals surface area (Å²) in [6.45, 7) is 1.84. The van der Waals surface area contributed by atoms with Gasteiger partial charge in [0.05, 0.1) is 27.4 Å². The van der Waals surface area contributed by atoms with E-state index >= 15 is 0 Å². The van der Waals surface area contributed by atoms with Crippen molar-refractivity contribution < 1.29 is 9.72 Å². The first-order valence-corrected chi connectivity index (χ1v) is 6.56. The fourth-order valence-electron chi connectivity index (χ4n) is 1.66. The van der Waals surface area contributed by atoms with Crippen LogP contribution in [0.5, 0.6) is 0 Å². The molecular weight excluding hydrogens is 308 g/mol. The number of nitrogens with one attached hydrogen (secondary N) is 1. The summed E-state index contributed by atoms with van der Waals surface area (Å²) >= 11 is 5.86. The third-order valence-corrected chi connectivity index (χ3v) is 2.99. The van der Waals surface area contributed by atoms with Gasteiger partial charge in [0.2, 0.25) is 0 Å². The summed E-state index contributed by atoms with van der Waals surface area (Å²) in [5, 5.41) is 14.4. The number of hydrogen-bond acceptors (Lipinski definition) is 5. The number of aromatic nitrogens is 1. The van der Waals surface area contributed by atoms with Crippen LogP contribution in [0.3, 0.4) is 0 Å². The molecule has 2 rings (SSSR count). The standard InChI is InChI=1S/C14H11ClN4O3/c1-9-3-2-4-10(17-9)8-16-18-14(20)12-6-5-11(19(21)22)7-13(12)15/h2-8H,1H3,(H,18,20). The number of hydrogen-bond donors (Lipinski definition) is 1. The Morgan fingerprint density at radius 2 is 2.18 bits per heavy atom. The number of amides is 1. The summed E-state index contributed by atoms with van der Waals surface area (Å²) in [5.41, 5.74) is 3.63. The Kier molecular flexibility index (Phi) is 4.80. The van der Waals surface area contributed by atoms with Gasteiger partial charge in [0, 0.05) is 17.8 Å². The van der Waals surface area contributed by atoms with Gasteiger partial charge < -0.3 is 0 Å². The zero-order valence-electron chi connectivity index (χ0n) is 11.5. The van der Waals surface area contributed by atoms with Crippen molar-refractivity contribution in [2.24, 2.45) is 5.10 Å². The molecule has 0 aliphatic carbocycles. The van der Waals surface area contributed by atoms with Gasteiger partial charge in [0.1, 0.15) is 0 Å². The minimum Gasteiger partial charge on any atom is -0.267 e. The third kappa shape index (κ3) is 3.86. The van der Waals surface area contributed by atoms with E-state index in [1.54, 1.807) is 6.07 Å². The summed E-state index contributed by atoms with van der Waals surface area (Å²) in [6.07, 6.45) is 1.39. The molecule has 1 N–H and O–H groups in total. The summed E-state index contributed by atoms with van der Waals surface area (Å²) < 4.78 is 0. The van der Waals surface area contributed by atoms with Gasteiger partial charge in [0.25, 0.3) is 11.6 Å². The molecule has 0 unspecified atom stereocenters. The maximum atomic E-state index is 11.9. The molecule has 0 spiro atoms. The van der Waals surface area contributed by atoms with Gasteiger partial charge in [-0.1, -0.05) is 17.7 Å². The van der Waals surface area contributed by atoms with E-state index < -0.39 is 10.8 Å². The number of pyridine rings is 1. The first-order chi connectivity index (χ1) is 10.5. The number of benzene rings is 1. The van der Waals surface area contributed by atoms with Gasteiger partial charge in [-0.3, -0.25) is 19.9 Å². The quantitative estimate of drug-likeness (QED) is 0.532. The number of aryl methyl sites for hydroxylation is 1. The number of rotatable bonds is 4. The van der Waals surface area contributed by atoms with E-state index in [1.165, 1.54) is 18.3 Å². The molecule has 0 bridgehead atoms. The van der Waals surface area contributed by atoms with Crippen LogP contribution in [-0.2, 0) is 0 Å². The van der Waals surface area contributed by atoms with Gasteiger partial charge in [-0.25, -0.2) is 5.43 Å². The zero-order valence-corrected chi connectivity index (χ0v) is 12.2. The SMILES string of the molecule is Cc1cccc(C=NNC(=O)c2ccc([N+](=O)[O-])cc2Cl)n1. The van der Waals surface area contributed by atoms with E-state index in [9.17, 15) is 14.9 Å². The average Bonchev–Trinajstić information content (AvgIpc) is 2.47. The minimum atomic E-state index is -0.588. The largest absolute Gasteiger partial charge is 0.272 e. The molecule has 1 aromatic heterocycles. The Balaban J connectivity index is 2.08. The van der Waals surface area contributed by atoms with Crippen molar-refractivity contribution in [3.05, 3.63) is 68.5 Å². The van der Waals surface area contributed by atoms with E-state index in [0.29, 0.717) is 5.69 Å². The van der Waals surface area contributed by atoms with Crippen LogP contribution in [0.25, 0.3) is 0 Å². The molecule has 22 heavy (non-hydrogen) atoms. The summed E-state index contributed by atoms with van der Waals surface area (Å²) in [4.78, 5) is 26.1. The van der Waals surface area contributed by atoms with E-state index in [1.807, 2.05) is 19.1 Å². The molecule has 7 nitrogen and oxygen atoms in total. The Labute approximate surface area is 130 Å². The van der Waals surface area contributed by atoms with Crippen molar-refractivity contribution in [1.82, 2.24) is 10.4 Å². The molecule has 8 heteroatoms. The van der Waals surface area contributed by atoms with E-state index in [0.717, 1.165) is 11.8 Å². The molecule has 0 saturated carbocycles. The number of nitrogens with zero attached hydrogens (tertiary/aromatic N) is 3. The lowest BCUT2D eigenvalue weighted by Gasteiger charge is -2.02. The first-order valence-electron chi connectivity index (χ1n) is 6.18. The van der Waals surface area contributed by atoms with Crippen molar-refractivity contribution in [3.8, 4) is 0 Å². The molecule has 2 aromatic rings. The number of hydrazone groups is 1. The van der Waals surface area contributed by atoms with Crippen LogP contribution >= 0.6 is 11.6 Å². The fourth-order valence-corrected chi connectivity index (χ4v) is 1.92. The highest BCUT2D eigenvalue weighted by atomic mass is 35.5. The monoisotopic (exact) mass is 318 g/mol. The van der Waals surface area contributed by atoms with Gasteiger partial charge in [0.15, 0.2) is 0 Å². The normalized spacial score (nSPS) is 10.6. The van der Waals surface area contributed by atoms with Crippen molar-refractivity contribution in [2.75, 3.05) is 0 Å². The maximum Gasteiger partial charge on any atom is 0.272 e. The average molecular weight is 319 g/mol. The van der Waals surface area contributed by atoms with E-state index in [2.05, 4.69) is 15.5 Å². The number of non-ortho nitro benzene ring substituents is 1. The fraction of sp³-hybridized carbons (Fsp3) is 0.0714. The molecule has 0 saturated heterocycles. The summed E-state index contributed by atoms with van der Waals surface area (Å²) in [6, 6.07) is 8.98. The molecule has 0 aliphatic rings. The molecule has 0 radical (unpaired) electrons. The number of carbonyl (C=O) groups is 1. The number of nitro groups is 1. The lowest BCUT2D eigenvalue weighted by atomic mass is 10.2. The second-order valence-corrected chi connectivity index (χ2v) is 4.73. The molecule has 0 aliphatic heterocycles. The van der Waals surface area contributed by atoms with Crippen LogP contribution in [0.2, 0.25) is 5.02 Å². The highest BCUT2D eigenvalue weighted by Crippen LogP contribution is 2.22. The Morgan fingerprint density at radius 3 is 2.82 bits per heavy atom. The summed E-state index contributed by atoms with van der Waals surface area (Å²) in [7, 11) is 0. The molecule has 1 heterocycles. The van der Waals surface area contributed by atoms with Crippen LogP contribution in [0.4, 0.5) is 5.69 Å². The van der Waals surface area contributed by atoms with Gasteiger partial charge in [-0.05, 0) is 25.1 Å². The molecular formula is C14H11ClN4O3. The molecule has 1 aromatic carbocycles. The predicted molar refractivity (Wildman–Crippen MR) is 82.1 cm³/mol. The van der Waals surface area contributed by atoms with Crippen molar-refractivity contribution in [1.29, 1.82) is 0 Å². The molecule has 112 valence electrons.